The molecule has 0 aliphatic heterocycles. The van der Waals surface area contributed by atoms with Crippen molar-refractivity contribution in [2.24, 2.45) is 5.92 Å². The molecular formula is C13H21NO. The van der Waals surface area contributed by atoms with Gasteiger partial charge >= 0.3 is 0 Å². The minimum absolute atomic E-state index is 0.558. The molecule has 1 unspecified atom stereocenters. The second-order valence-corrected chi connectivity index (χ2v) is 4.07. The van der Waals surface area contributed by atoms with E-state index in [-0.39, 0.29) is 0 Å². The maximum absolute atomic E-state index is 5.21. The van der Waals surface area contributed by atoms with E-state index in [1.165, 1.54) is 11.1 Å². The van der Waals surface area contributed by atoms with Crippen molar-refractivity contribution in [3.8, 4) is 0 Å². The number of aryl methyl sites for hydroxylation is 1. The highest BCUT2D eigenvalue weighted by Gasteiger charge is 2.08. The third-order valence-electron chi connectivity index (χ3n) is 2.54. The van der Waals surface area contributed by atoms with Crippen LogP contribution in [0.25, 0.3) is 0 Å². The van der Waals surface area contributed by atoms with Crippen molar-refractivity contribution >= 4 is 0 Å². The lowest BCUT2D eigenvalue weighted by Gasteiger charge is -2.15. The van der Waals surface area contributed by atoms with E-state index < -0.39 is 0 Å². The Morgan fingerprint density at radius 2 is 1.93 bits per heavy atom. The molecular weight excluding hydrogens is 186 g/mol. The van der Waals surface area contributed by atoms with E-state index in [9.17, 15) is 0 Å². The average molecular weight is 207 g/mol. The van der Waals surface area contributed by atoms with Crippen LogP contribution >= 0.6 is 0 Å². The van der Waals surface area contributed by atoms with Gasteiger partial charge in [0.25, 0.3) is 0 Å². The SMILES string of the molecule is CNCC(COC)Cc1ccc(C)cc1. The Bertz CT molecular complexity index is 262. The number of hydrogen-bond acceptors (Lipinski definition) is 2. The van der Waals surface area contributed by atoms with Gasteiger partial charge in [-0.2, -0.15) is 0 Å². The summed E-state index contributed by atoms with van der Waals surface area (Å²) in [7, 11) is 3.75. The number of ether oxygens (including phenoxy) is 1. The minimum atomic E-state index is 0.558. The van der Waals surface area contributed by atoms with Gasteiger partial charge in [0.1, 0.15) is 0 Å². The molecule has 1 atom stereocenters. The van der Waals surface area contributed by atoms with Crippen LogP contribution in [0.3, 0.4) is 0 Å². The molecule has 0 amide bonds. The fourth-order valence-electron chi connectivity index (χ4n) is 1.77. The van der Waals surface area contributed by atoms with Crippen LogP contribution in [0.4, 0.5) is 0 Å². The molecule has 1 aromatic carbocycles. The zero-order valence-electron chi connectivity index (χ0n) is 9.92. The van der Waals surface area contributed by atoms with Crippen LogP contribution in [-0.4, -0.2) is 27.3 Å². The lowest BCUT2D eigenvalue weighted by Crippen LogP contribution is -2.24. The summed E-state index contributed by atoms with van der Waals surface area (Å²) in [5.41, 5.74) is 2.70. The second kappa shape index (κ2) is 6.59. The quantitative estimate of drug-likeness (QED) is 0.770. The van der Waals surface area contributed by atoms with E-state index in [1.807, 2.05) is 7.05 Å². The predicted octanol–water partition coefficient (Wildman–Crippen LogP) is 2.02. The summed E-state index contributed by atoms with van der Waals surface area (Å²) in [6, 6.07) is 8.73. The van der Waals surface area contributed by atoms with Crippen LogP contribution in [0.2, 0.25) is 0 Å². The van der Waals surface area contributed by atoms with E-state index >= 15 is 0 Å². The second-order valence-electron chi connectivity index (χ2n) is 4.07. The standard InChI is InChI=1S/C13H21NO/c1-11-4-6-12(7-5-11)8-13(9-14-2)10-15-3/h4-7,13-14H,8-10H2,1-3H3. The third-order valence-corrected chi connectivity index (χ3v) is 2.54. The summed E-state index contributed by atoms with van der Waals surface area (Å²) in [6.07, 6.45) is 1.08. The van der Waals surface area contributed by atoms with Crippen LogP contribution in [0.5, 0.6) is 0 Å². The first-order valence-corrected chi connectivity index (χ1v) is 5.45. The Morgan fingerprint density at radius 1 is 1.27 bits per heavy atom. The van der Waals surface area contributed by atoms with Crippen LogP contribution in [-0.2, 0) is 11.2 Å². The normalized spacial score (nSPS) is 12.7. The summed E-state index contributed by atoms with van der Waals surface area (Å²) in [5, 5.41) is 3.20. The molecule has 0 radical (unpaired) electrons. The van der Waals surface area contributed by atoms with Crippen molar-refractivity contribution in [2.45, 2.75) is 13.3 Å². The fourth-order valence-corrected chi connectivity index (χ4v) is 1.77. The smallest absolute Gasteiger partial charge is 0.0505 e. The van der Waals surface area contributed by atoms with Gasteiger partial charge in [0, 0.05) is 13.7 Å². The summed E-state index contributed by atoms with van der Waals surface area (Å²) in [6.45, 7) is 3.93. The number of rotatable bonds is 6. The maximum atomic E-state index is 5.21. The average Bonchev–Trinajstić information content (AvgIpc) is 2.22. The number of hydrogen-bond donors (Lipinski definition) is 1. The molecule has 0 saturated heterocycles. The Balaban J connectivity index is 2.53. The van der Waals surface area contributed by atoms with Crippen LogP contribution in [0.15, 0.2) is 24.3 Å². The van der Waals surface area contributed by atoms with Crippen LogP contribution < -0.4 is 5.32 Å². The van der Waals surface area contributed by atoms with Crippen molar-refractivity contribution in [3.05, 3.63) is 35.4 Å². The van der Waals surface area contributed by atoms with E-state index in [0.29, 0.717) is 5.92 Å². The van der Waals surface area contributed by atoms with Gasteiger partial charge in [0.15, 0.2) is 0 Å². The monoisotopic (exact) mass is 207 g/mol. The molecule has 15 heavy (non-hydrogen) atoms. The van der Waals surface area contributed by atoms with Crippen LogP contribution in [0, 0.1) is 12.8 Å². The Kier molecular flexibility index (Phi) is 5.37. The largest absolute Gasteiger partial charge is 0.384 e. The zero-order chi connectivity index (χ0) is 11.1. The molecule has 0 spiro atoms. The van der Waals surface area contributed by atoms with E-state index in [4.69, 9.17) is 4.74 Å². The van der Waals surface area contributed by atoms with Gasteiger partial charge in [-0.3, -0.25) is 0 Å². The highest BCUT2D eigenvalue weighted by atomic mass is 16.5. The Labute approximate surface area is 92.6 Å². The van der Waals surface area contributed by atoms with Gasteiger partial charge in [-0.25, -0.2) is 0 Å². The zero-order valence-corrected chi connectivity index (χ0v) is 9.92. The third kappa shape index (κ3) is 4.45. The van der Waals surface area contributed by atoms with Gasteiger partial charge in [0.05, 0.1) is 6.61 Å². The van der Waals surface area contributed by atoms with Gasteiger partial charge in [0.2, 0.25) is 0 Å². The van der Waals surface area contributed by atoms with E-state index in [2.05, 4.69) is 36.5 Å². The lowest BCUT2D eigenvalue weighted by atomic mass is 9.99. The summed E-state index contributed by atoms with van der Waals surface area (Å²) in [5.74, 6) is 0.558. The molecule has 0 aliphatic carbocycles. The lowest BCUT2D eigenvalue weighted by molar-refractivity contribution is 0.152. The number of methoxy groups -OCH3 is 1. The molecule has 0 aliphatic rings. The molecule has 0 aromatic heterocycles. The Hall–Kier alpha value is -0.860. The van der Waals surface area contributed by atoms with Crippen molar-refractivity contribution in [2.75, 3.05) is 27.3 Å². The van der Waals surface area contributed by atoms with Crippen molar-refractivity contribution in [3.63, 3.8) is 0 Å². The molecule has 2 nitrogen and oxygen atoms in total. The van der Waals surface area contributed by atoms with Crippen molar-refractivity contribution in [1.29, 1.82) is 0 Å². The van der Waals surface area contributed by atoms with Gasteiger partial charge in [-0.1, -0.05) is 29.8 Å². The van der Waals surface area contributed by atoms with Crippen LogP contribution in [0.1, 0.15) is 11.1 Å². The summed E-state index contributed by atoms with van der Waals surface area (Å²) >= 11 is 0. The molecule has 1 rings (SSSR count). The van der Waals surface area contributed by atoms with E-state index in [0.717, 1.165) is 19.6 Å². The van der Waals surface area contributed by atoms with Gasteiger partial charge in [-0.15, -0.1) is 0 Å². The topological polar surface area (TPSA) is 21.3 Å². The van der Waals surface area contributed by atoms with Crippen molar-refractivity contribution in [1.82, 2.24) is 5.32 Å². The summed E-state index contributed by atoms with van der Waals surface area (Å²) in [4.78, 5) is 0. The molecule has 0 fully saturated rings. The predicted molar refractivity (Wildman–Crippen MR) is 64.2 cm³/mol. The Morgan fingerprint density at radius 3 is 2.47 bits per heavy atom. The fraction of sp³-hybridized carbons (Fsp3) is 0.538. The van der Waals surface area contributed by atoms with E-state index in [1.54, 1.807) is 7.11 Å². The first-order valence-electron chi connectivity index (χ1n) is 5.45. The molecule has 0 bridgehead atoms. The number of benzene rings is 1. The molecule has 84 valence electrons. The molecule has 1 N–H and O–H groups in total. The highest BCUT2D eigenvalue weighted by Crippen LogP contribution is 2.10. The van der Waals surface area contributed by atoms with Gasteiger partial charge < -0.3 is 10.1 Å². The maximum Gasteiger partial charge on any atom is 0.0505 e. The molecule has 0 saturated carbocycles. The summed E-state index contributed by atoms with van der Waals surface area (Å²) < 4.78 is 5.21. The van der Waals surface area contributed by atoms with Crippen molar-refractivity contribution < 1.29 is 4.74 Å². The minimum Gasteiger partial charge on any atom is -0.384 e. The molecule has 0 heterocycles. The highest BCUT2D eigenvalue weighted by molar-refractivity contribution is 5.21. The molecule has 1 aromatic rings. The van der Waals surface area contributed by atoms with Gasteiger partial charge in [-0.05, 0) is 31.9 Å². The first-order chi connectivity index (χ1) is 7.26. The molecule has 2 heteroatoms. The number of nitrogens with one attached hydrogen (secondary N) is 1. The first kappa shape index (κ1) is 12.2.